The molecule has 1 aliphatic rings. The molecular weight excluding hydrogens is 360 g/mol. The summed E-state index contributed by atoms with van der Waals surface area (Å²) in [6, 6.07) is 16.6. The third-order valence-corrected chi connectivity index (χ3v) is 5.77. The first-order valence-corrected chi connectivity index (χ1v) is 10.3. The Kier molecular flexibility index (Phi) is 7.10. The van der Waals surface area contributed by atoms with Crippen LogP contribution in [0.1, 0.15) is 36.5 Å². The van der Waals surface area contributed by atoms with Crippen LogP contribution in [0.4, 0.5) is 0 Å². The number of allylic oxidation sites excluding steroid dienone is 1. The highest BCUT2D eigenvalue weighted by atomic mass is 16.5. The van der Waals surface area contributed by atoms with E-state index in [1.54, 1.807) is 13.2 Å². The fourth-order valence-corrected chi connectivity index (χ4v) is 3.79. The number of carbonyl (C=O) groups is 1. The number of hydrogen-bond acceptors (Lipinski definition) is 3. The molecule has 0 saturated carbocycles. The fourth-order valence-electron chi connectivity index (χ4n) is 3.79. The quantitative estimate of drug-likeness (QED) is 0.677. The van der Waals surface area contributed by atoms with Gasteiger partial charge < -0.3 is 14.5 Å². The number of amides is 1. The van der Waals surface area contributed by atoms with Crippen LogP contribution in [0.5, 0.6) is 5.75 Å². The van der Waals surface area contributed by atoms with E-state index in [0.717, 1.165) is 42.8 Å². The molecular formula is C25H32N2O2. The number of hydrogen-bond donors (Lipinski definition) is 0. The van der Waals surface area contributed by atoms with Crippen molar-refractivity contribution in [2.24, 2.45) is 0 Å². The van der Waals surface area contributed by atoms with Crippen molar-refractivity contribution in [3.8, 4) is 5.75 Å². The molecule has 0 aromatic heterocycles. The summed E-state index contributed by atoms with van der Waals surface area (Å²) in [5, 5.41) is 0. The van der Waals surface area contributed by atoms with Gasteiger partial charge in [0.05, 0.1) is 7.11 Å². The van der Waals surface area contributed by atoms with Crippen molar-refractivity contribution in [3.63, 3.8) is 0 Å². The van der Waals surface area contributed by atoms with Gasteiger partial charge in [-0.3, -0.25) is 4.79 Å². The molecule has 1 heterocycles. The van der Waals surface area contributed by atoms with Gasteiger partial charge in [0.15, 0.2) is 0 Å². The molecule has 0 atom stereocenters. The lowest BCUT2D eigenvalue weighted by Crippen LogP contribution is -2.45. The van der Waals surface area contributed by atoms with E-state index < -0.39 is 0 Å². The minimum atomic E-state index is 0.0912. The number of likely N-dealkylation sites (tertiary alicyclic amines) is 1. The first-order chi connectivity index (χ1) is 14.0. The molecule has 29 heavy (non-hydrogen) atoms. The highest BCUT2D eigenvalue weighted by Gasteiger charge is 2.26. The van der Waals surface area contributed by atoms with Crippen LogP contribution < -0.4 is 4.74 Å². The second-order valence-corrected chi connectivity index (χ2v) is 8.04. The minimum absolute atomic E-state index is 0.0912. The number of aryl methyl sites for hydroxylation is 1. The molecule has 154 valence electrons. The van der Waals surface area contributed by atoms with Crippen LogP contribution in [0.2, 0.25) is 0 Å². The van der Waals surface area contributed by atoms with E-state index in [1.165, 1.54) is 11.1 Å². The Hall–Kier alpha value is -2.59. The van der Waals surface area contributed by atoms with Gasteiger partial charge in [0, 0.05) is 18.7 Å². The summed E-state index contributed by atoms with van der Waals surface area (Å²) in [5.41, 5.74) is 4.43. The molecule has 0 spiro atoms. The van der Waals surface area contributed by atoms with E-state index in [0.29, 0.717) is 6.54 Å². The highest BCUT2D eigenvalue weighted by molar-refractivity contribution is 5.95. The number of carbonyl (C=O) groups excluding carboxylic acids is 1. The summed E-state index contributed by atoms with van der Waals surface area (Å²) in [5.74, 6) is 0.911. The average molecular weight is 393 g/mol. The van der Waals surface area contributed by atoms with Crippen molar-refractivity contribution in [1.82, 2.24) is 9.80 Å². The predicted molar refractivity (Wildman–Crippen MR) is 119 cm³/mol. The van der Waals surface area contributed by atoms with Crippen LogP contribution >= 0.6 is 0 Å². The lowest BCUT2D eigenvalue weighted by molar-refractivity contribution is -0.129. The van der Waals surface area contributed by atoms with Crippen molar-refractivity contribution in [1.29, 1.82) is 0 Å². The Bertz CT molecular complexity index is 832. The zero-order chi connectivity index (χ0) is 20.8. The average Bonchev–Trinajstić information content (AvgIpc) is 2.74. The van der Waals surface area contributed by atoms with Crippen LogP contribution in [-0.2, 0) is 11.3 Å². The largest absolute Gasteiger partial charge is 0.497 e. The van der Waals surface area contributed by atoms with Crippen LogP contribution in [0.3, 0.4) is 0 Å². The van der Waals surface area contributed by atoms with Crippen molar-refractivity contribution >= 4 is 11.5 Å². The van der Waals surface area contributed by atoms with Gasteiger partial charge in [0.2, 0.25) is 5.91 Å². The Morgan fingerprint density at radius 1 is 1.10 bits per heavy atom. The van der Waals surface area contributed by atoms with Crippen LogP contribution in [0, 0.1) is 6.92 Å². The second-order valence-electron chi connectivity index (χ2n) is 8.04. The van der Waals surface area contributed by atoms with E-state index in [2.05, 4.69) is 48.0 Å². The maximum absolute atomic E-state index is 13.3. The van der Waals surface area contributed by atoms with E-state index >= 15 is 0 Å². The molecule has 0 aliphatic carbocycles. The molecule has 0 radical (unpaired) electrons. The lowest BCUT2D eigenvalue weighted by Gasteiger charge is -2.37. The third-order valence-electron chi connectivity index (χ3n) is 5.77. The van der Waals surface area contributed by atoms with Crippen molar-refractivity contribution < 1.29 is 9.53 Å². The number of piperidine rings is 1. The van der Waals surface area contributed by atoms with Gasteiger partial charge in [-0.1, -0.05) is 42.0 Å². The SMILES string of the molecule is COc1ccc(C(C)=CC(=O)N(Cc2ccc(C)cc2)C2CCN(C)CC2)cc1. The Morgan fingerprint density at radius 2 is 1.72 bits per heavy atom. The number of rotatable bonds is 6. The van der Waals surface area contributed by atoms with E-state index in [4.69, 9.17) is 4.74 Å². The standard InChI is InChI=1S/C25H32N2O2/c1-19-5-7-21(8-6-19)18-27(23-13-15-26(3)16-14-23)25(28)17-20(2)22-9-11-24(29-4)12-10-22/h5-12,17,23H,13-16,18H2,1-4H3. The van der Waals surface area contributed by atoms with Crippen LogP contribution in [-0.4, -0.2) is 49.0 Å². The van der Waals surface area contributed by atoms with Gasteiger partial charge >= 0.3 is 0 Å². The lowest BCUT2D eigenvalue weighted by atomic mass is 10.0. The van der Waals surface area contributed by atoms with Gasteiger partial charge in [0.1, 0.15) is 5.75 Å². The van der Waals surface area contributed by atoms with Gasteiger partial charge in [-0.05, 0) is 75.7 Å². The molecule has 1 amide bonds. The molecule has 2 aromatic rings. The summed E-state index contributed by atoms with van der Waals surface area (Å²) >= 11 is 0. The van der Waals surface area contributed by atoms with Crippen molar-refractivity contribution in [2.75, 3.05) is 27.2 Å². The second kappa shape index (κ2) is 9.75. The van der Waals surface area contributed by atoms with Crippen LogP contribution in [0.15, 0.2) is 54.6 Å². The van der Waals surface area contributed by atoms with Gasteiger partial charge in [-0.15, -0.1) is 0 Å². The summed E-state index contributed by atoms with van der Waals surface area (Å²) < 4.78 is 5.23. The van der Waals surface area contributed by atoms with Crippen LogP contribution in [0.25, 0.3) is 5.57 Å². The smallest absolute Gasteiger partial charge is 0.247 e. The summed E-state index contributed by atoms with van der Waals surface area (Å²) in [6.45, 7) is 6.80. The third kappa shape index (κ3) is 5.70. The van der Waals surface area contributed by atoms with Crippen molar-refractivity contribution in [2.45, 2.75) is 39.3 Å². The first-order valence-electron chi connectivity index (χ1n) is 10.3. The van der Waals surface area contributed by atoms with E-state index in [-0.39, 0.29) is 11.9 Å². The zero-order valence-corrected chi connectivity index (χ0v) is 18.0. The molecule has 4 nitrogen and oxygen atoms in total. The van der Waals surface area contributed by atoms with E-state index in [1.807, 2.05) is 31.2 Å². The summed E-state index contributed by atoms with van der Waals surface area (Å²) in [7, 11) is 3.81. The Balaban J connectivity index is 1.81. The molecule has 1 aliphatic heterocycles. The molecule has 1 saturated heterocycles. The van der Waals surface area contributed by atoms with Gasteiger partial charge in [0.25, 0.3) is 0 Å². The topological polar surface area (TPSA) is 32.8 Å². The molecule has 2 aromatic carbocycles. The maximum atomic E-state index is 13.3. The number of nitrogens with zero attached hydrogens (tertiary/aromatic N) is 2. The first kappa shape index (κ1) is 21.1. The van der Waals surface area contributed by atoms with Gasteiger partial charge in [-0.25, -0.2) is 0 Å². The summed E-state index contributed by atoms with van der Waals surface area (Å²) in [6.07, 6.45) is 3.82. The number of methoxy groups -OCH3 is 1. The Labute approximate surface area is 174 Å². The Morgan fingerprint density at radius 3 is 2.31 bits per heavy atom. The minimum Gasteiger partial charge on any atom is -0.497 e. The summed E-state index contributed by atoms with van der Waals surface area (Å²) in [4.78, 5) is 17.7. The molecule has 3 rings (SSSR count). The maximum Gasteiger partial charge on any atom is 0.247 e. The molecule has 4 heteroatoms. The van der Waals surface area contributed by atoms with E-state index in [9.17, 15) is 4.79 Å². The molecule has 0 unspecified atom stereocenters. The van der Waals surface area contributed by atoms with Crippen molar-refractivity contribution in [3.05, 3.63) is 71.3 Å². The molecule has 1 fully saturated rings. The number of benzene rings is 2. The monoisotopic (exact) mass is 392 g/mol. The molecule has 0 bridgehead atoms. The van der Waals surface area contributed by atoms with Gasteiger partial charge in [-0.2, -0.15) is 0 Å². The predicted octanol–water partition coefficient (Wildman–Crippen LogP) is 4.53. The number of ether oxygens (including phenoxy) is 1. The highest BCUT2D eigenvalue weighted by Crippen LogP contribution is 2.22. The zero-order valence-electron chi connectivity index (χ0n) is 18.0. The fraction of sp³-hybridized carbons (Fsp3) is 0.400. The normalized spacial score (nSPS) is 15.9. The molecule has 0 N–H and O–H groups in total.